The van der Waals surface area contributed by atoms with E-state index in [0.717, 1.165) is 6.42 Å². The minimum Gasteiger partial charge on any atom is -0.390 e. The summed E-state index contributed by atoms with van der Waals surface area (Å²) in [6, 6.07) is 0. The number of fused-ring (bicyclic) bond motifs is 1. The largest absolute Gasteiger partial charge is 0.507 e. The second-order valence-electron chi connectivity index (χ2n) is 2.88. The van der Waals surface area contributed by atoms with E-state index in [2.05, 4.69) is 4.85 Å². The first-order valence-electron chi connectivity index (χ1n) is 3.66. The molecule has 3 unspecified atom stereocenters. The quantitative estimate of drug-likeness (QED) is 0.538. The highest BCUT2D eigenvalue weighted by Gasteiger charge is 2.64. The van der Waals surface area contributed by atoms with E-state index in [1.165, 1.54) is 0 Å². The van der Waals surface area contributed by atoms with Gasteiger partial charge in [0.05, 0.1) is 19.3 Å². The Morgan fingerprint density at radius 3 is 3.00 bits per heavy atom. The summed E-state index contributed by atoms with van der Waals surface area (Å²) in [6.07, 6.45) is 0.284. The topological polar surface area (TPSA) is 43.0 Å². The lowest BCUT2D eigenvalue weighted by molar-refractivity contribution is -0.160. The maximum atomic E-state index is 9.38. The first kappa shape index (κ1) is 7.04. The molecule has 0 saturated carbocycles. The molecule has 2 saturated heterocycles. The van der Waals surface area contributed by atoms with Crippen molar-refractivity contribution in [1.29, 1.82) is 0 Å². The van der Waals surface area contributed by atoms with Gasteiger partial charge in [-0.15, -0.1) is 0 Å². The molecule has 0 aromatic carbocycles. The second-order valence-corrected chi connectivity index (χ2v) is 2.88. The van der Waals surface area contributed by atoms with Crippen molar-refractivity contribution in [2.45, 2.75) is 18.4 Å². The molecule has 2 rings (SSSR count). The molecule has 0 spiro atoms. The molecule has 0 aromatic rings. The first-order valence-corrected chi connectivity index (χ1v) is 3.66. The van der Waals surface area contributed by atoms with Crippen molar-refractivity contribution < 1.29 is 14.6 Å². The van der Waals surface area contributed by atoms with Crippen molar-refractivity contribution >= 4 is 0 Å². The summed E-state index contributed by atoms with van der Waals surface area (Å²) in [4.78, 5) is 3.53. The predicted octanol–water partition coefficient (Wildman–Crippen LogP) is 0.0305. The van der Waals surface area contributed by atoms with Crippen molar-refractivity contribution in [2.24, 2.45) is 5.92 Å². The number of ether oxygens (including phenoxy) is 2. The lowest BCUT2D eigenvalue weighted by Crippen LogP contribution is -2.30. The number of nitrogens with zero attached hydrogens (tertiary/aromatic N) is 1. The molecule has 11 heavy (non-hydrogen) atoms. The Hall–Kier alpha value is -0.630. The smallest absolute Gasteiger partial charge is 0.390 e. The third-order valence-corrected chi connectivity index (χ3v) is 2.31. The van der Waals surface area contributed by atoms with Gasteiger partial charge in [0.15, 0.2) is 0 Å². The van der Waals surface area contributed by atoms with Gasteiger partial charge in [-0.05, 0) is 11.3 Å². The van der Waals surface area contributed by atoms with Crippen LogP contribution < -0.4 is 0 Å². The van der Waals surface area contributed by atoms with Crippen LogP contribution in [0.25, 0.3) is 4.85 Å². The molecule has 2 aliphatic heterocycles. The molecular weight excluding hydrogens is 146 g/mol. The third kappa shape index (κ3) is 0.791. The van der Waals surface area contributed by atoms with Crippen molar-refractivity contribution in [3.05, 3.63) is 4.85 Å². The van der Waals surface area contributed by atoms with Crippen LogP contribution in [0.5, 0.6) is 0 Å². The number of hydrogen-bond donors (Lipinski definition) is 1. The van der Waals surface area contributed by atoms with Crippen LogP contribution in [0.4, 0.5) is 0 Å². The molecule has 0 aliphatic carbocycles. The van der Waals surface area contributed by atoms with Crippen molar-refractivity contribution in [3.8, 4) is 6.57 Å². The number of aliphatic hydroxyl groups is 1. The summed E-state index contributed by atoms with van der Waals surface area (Å²) >= 11 is 0. The Morgan fingerprint density at radius 2 is 2.36 bits per heavy atom. The Morgan fingerprint density at radius 1 is 1.55 bits per heavy atom. The van der Waals surface area contributed by atoms with E-state index in [9.17, 15) is 5.11 Å². The average Bonchev–Trinajstić information content (AvgIpc) is 2.53. The molecule has 0 radical (unpaired) electrons. The number of aliphatic hydroxyl groups excluding tert-OH is 1. The Kier molecular flexibility index (Phi) is 1.39. The van der Waals surface area contributed by atoms with Gasteiger partial charge >= 0.3 is 5.91 Å². The van der Waals surface area contributed by atoms with Crippen LogP contribution in [0.3, 0.4) is 0 Å². The monoisotopic (exact) mass is 156 g/mol. The highest BCUT2D eigenvalue weighted by molar-refractivity contribution is 5.01. The molecule has 4 nitrogen and oxygen atoms in total. The van der Waals surface area contributed by atoms with Crippen LogP contribution in [0.1, 0.15) is 6.42 Å². The summed E-state index contributed by atoms with van der Waals surface area (Å²) in [6.45, 7) is 5.96. The first-order chi connectivity index (χ1) is 5.28. The van der Waals surface area contributed by atoms with Crippen LogP contribution >= 0.6 is 0 Å². The van der Waals surface area contributed by atoms with Crippen LogP contribution in [0.15, 0.2) is 0 Å². The SMILES string of the molecule is C#[N+]C12OCCC1C(O)CO2. The lowest BCUT2D eigenvalue weighted by atomic mass is 10.0. The Bertz CT molecular complexity index is 212. The van der Waals surface area contributed by atoms with Gasteiger partial charge in [0.1, 0.15) is 5.92 Å². The lowest BCUT2D eigenvalue weighted by Gasteiger charge is -2.07. The van der Waals surface area contributed by atoms with E-state index in [-0.39, 0.29) is 12.5 Å². The van der Waals surface area contributed by atoms with E-state index in [1.807, 2.05) is 0 Å². The van der Waals surface area contributed by atoms with E-state index >= 15 is 0 Å². The highest BCUT2D eigenvalue weighted by Crippen LogP contribution is 2.41. The van der Waals surface area contributed by atoms with E-state index in [1.54, 1.807) is 0 Å². The second kappa shape index (κ2) is 2.18. The minimum atomic E-state index is -1.03. The zero-order valence-corrected chi connectivity index (χ0v) is 6.06. The summed E-state index contributed by atoms with van der Waals surface area (Å²) in [5.41, 5.74) is 0. The van der Waals surface area contributed by atoms with Gasteiger partial charge in [-0.1, -0.05) is 0 Å². The fourth-order valence-corrected chi connectivity index (χ4v) is 1.70. The van der Waals surface area contributed by atoms with Crippen molar-refractivity contribution in [3.63, 3.8) is 0 Å². The van der Waals surface area contributed by atoms with E-state index in [4.69, 9.17) is 16.0 Å². The molecule has 2 fully saturated rings. The van der Waals surface area contributed by atoms with Gasteiger partial charge in [-0.25, -0.2) is 0 Å². The van der Waals surface area contributed by atoms with Crippen molar-refractivity contribution in [1.82, 2.24) is 0 Å². The summed E-state index contributed by atoms with van der Waals surface area (Å²) in [5, 5.41) is 9.38. The maximum Gasteiger partial charge on any atom is 0.507 e. The fourth-order valence-electron chi connectivity index (χ4n) is 1.70. The third-order valence-electron chi connectivity index (χ3n) is 2.31. The minimum absolute atomic E-state index is 0.0764. The molecule has 60 valence electrons. The number of rotatable bonds is 0. The van der Waals surface area contributed by atoms with Gasteiger partial charge in [-0.2, -0.15) is 0 Å². The zero-order chi connectivity index (χ0) is 7.90. The molecule has 0 aromatic heterocycles. The molecule has 1 N–H and O–H groups in total. The van der Waals surface area contributed by atoms with Crippen molar-refractivity contribution in [2.75, 3.05) is 13.2 Å². The molecule has 0 amide bonds. The van der Waals surface area contributed by atoms with Gasteiger partial charge in [-0.3, -0.25) is 9.47 Å². The highest BCUT2D eigenvalue weighted by atomic mass is 16.7. The van der Waals surface area contributed by atoms with E-state index < -0.39 is 12.0 Å². The van der Waals surface area contributed by atoms with Crippen LogP contribution in [-0.4, -0.2) is 30.3 Å². The molecule has 4 heteroatoms. The van der Waals surface area contributed by atoms with Gasteiger partial charge in [0, 0.05) is 0 Å². The normalized spacial score (nSPS) is 48.7. The van der Waals surface area contributed by atoms with Gasteiger partial charge in [0.2, 0.25) is 0 Å². The molecule has 2 aliphatic rings. The Labute approximate surface area is 64.5 Å². The number of hydrogen-bond acceptors (Lipinski definition) is 3. The zero-order valence-electron chi connectivity index (χ0n) is 6.06. The van der Waals surface area contributed by atoms with Crippen LogP contribution in [0, 0.1) is 12.5 Å². The van der Waals surface area contributed by atoms with E-state index in [0.29, 0.717) is 6.61 Å². The molecule has 2 heterocycles. The summed E-state index contributed by atoms with van der Waals surface area (Å²) in [5.74, 6) is -1.10. The standard InChI is InChI=1S/C7H10NO3/c1-8-7-5(2-3-10-7)6(9)4-11-7/h1,5-6,9H,2-4H2/q+1. The maximum absolute atomic E-state index is 9.38. The van der Waals surface area contributed by atoms with Crippen LogP contribution in [0.2, 0.25) is 0 Å². The molecular formula is C7H10NO3+. The molecule has 3 atom stereocenters. The van der Waals surface area contributed by atoms with Crippen LogP contribution in [-0.2, 0) is 9.47 Å². The average molecular weight is 156 g/mol. The Balaban J connectivity index is 2.27. The summed E-state index contributed by atoms with van der Waals surface area (Å²) < 4.78 is 10.4. The fraction of sp³-hybridized carbons (Fsp3) is 0.857. The predicted molar refractivity (Wildman–Crippen MR) is 37.1 cm³/mol. The van der Waals surface area contributed by atoms with Gasteiger partial charge in [0.25, 0.3) is 6.57 Å². The molecule has 0 bridgehead atoms. The summed E-state index contributed by atoms with van der Waals surface area (Å²) in [7, 11) is 0. The van der Waals surface area contributed by atoms with Gasteiger partial charge < -0.3 is 5.11 Å².